The highest BCUT2D eigenvalue weighted by molar-refractivity contribution is 6.10. The molecule has 4 aromatic rings. The fraction of sp³-hybridized carbons (Fsp3) is 0.0588. The van der Waals surface area contributed by atoms with Crippen molar-refractivity contribution in [3.8, 4) is 0 Å². The quantitative estimate of drug-likeness (QED) is 0.575. The van der Waals surface area contributed by atoms with Crippen LogP contribution in [0.25, 0.3) is 16.8 Å². The molecule has 6 nitrogen and oxygen atoms in total. The van der Waals surface area contributed by atoms with Crippen LogP contribution in [0.15, 0.2) is 48.5 Å². The number of aromatic nitrogens is 4. The molecule has 0 unspecified atom stereocenters. The number of fused-ring (bicyclic) bond motifs is 3. The van der Waals surface area contributed by atoms with Gasteiger partial charge in [0, 0.05) is 11.1 Å². The van der Waals surface area contributed by atoms with E-state index in [1.165, 1.54) is 0 Å². The van der Waals surface area contributed by atoms with Gasteiger partial charge in [-0.25, -0.2) is 9.38 Å². The van der Waals surface area contributed by atoms with E-state index >= 15 is 0 Å². The number of hydrogen-bond acceptors (Lipinski definition) is 5. The molecule has 0 saturated heterocycles. The highest BCUT2D eigenvalue weighted by Gasteiger charge is 2.14. The number of nitrogens with two attached hydrogens (primary N) is 1. The van der Waals surface area contributed by atoms with Crippen LogP contribution in [0.3, 0.4) is 0 Å². The molecule has 2 N–H and O–H groups in total. The predicted octanol–water partition coefficient (Wildman–Crippen LogP) is 2.40. The molecule has 0 spiro atoms. The molecule has 112 valence electrons. The first-order chi connectivity index (χ1) is 11.1. The Kier molecular flexibility index (Phi) is 2.84. The lowest BCUT2D eigenvalue weighted by Crippen LogP contribution is -2.05. The SMILES string of the molecule is Cc1nc(N)n2c(n1)nc1ccc(C(=O)c3ccccc3)cc12. The summed E-state index contributed by atoms with van der Waals surface area (Å²) >= 11 is 0. The minimum atomic E-state index is -0.0472. The first-order valence-corrected chi connectivity index (χ1v) is 7.15. The van der Waals surface area contributed by atoms with E-state index in [-0.39, 0.29) is 5.78 Å². The van der Waals surface area contributed by atoms with Gasteiger partial charge in [0.15, 0.2) is 5.78 Å². The van der Waals surface area contributed by atoms with E-state index < -0.39 is 0 Å². The minimum Gasteiger partial charge on any atom is -0.369 e. The van der Waals surface area contributed by atoms with E-state index in [0.29, 0.717) is 28.7 Å². The Morgan fingerprint density at radius 1 is 1.00 bits per heavy atom. The van der Waals surface area contributed by atoms with Crippen LogP contribution < -0.4 is 5.73 Å². The number of nitrogens with zero attached hydrogens (tertiary/aromatic N) is 4. The number of aryl methyl sites for hydroxylation is 1. The van der Waals surface area contributed by atoms with Gasteiger partial charge in [-0.05, 0) is 25.1 Å². The summed E-state index contributed by atoms with van der Waals surface area (Å²) in [5.41, 5.74) is 8.65. The molecule has 0 radical (unpaired) electrons. The molecule has 2 heterocycles. The minimum absolute atomic E-state index is 0.0472. The van der Waals surface area contributed by atoms with Gasteiger partial charge >= 0.3 is 0 Å². The van der Waals surface area contributed by atoms with Crippen molar-refractivity contribution >= 4 is 28.5 Å². The second kappa shape index (κ2) is 4.88. The summed E-state index contributed by atoms with van der Waals surface area (Å²) in [5.74, 6) is 1.30. The third kappa shape index (κ3) is 2.12. The molecule has 2 aromatic heterocycles. The number of rotatable bonds is 2. The third-order valence-electron chi connectivity index (χ3n) is 3.70. The van der Waals surface area contributed by atoms with E-state index in [0.717, 1.165) is 11.0 Å². The monoisotopic (exact) mass is 303 g/mol. The number of hydrogen-bond donors (Lipinski definition) is 1. The van der Waals surface area contributed by atoms with Crippen LogP contribution >= 0.6 is 0 Å². The maximum atomic E-state index is 12.6. The Bertz CT molecular complexity index is 1050. The molecule has 0 aliphatic carbocycles. The number of anilines is 1. The zero-order valence-corrected chi connectivity index (χ0v) is 12.4. The van der Waals surface area contributed by atoms with Gasteiger partial charge in [-0.15, -0.1) is 0 Å². The van der Waals surface area contributed by atoms with Crippen molar-refractivity contribution in [3.63, 3.8) is 0 Å². The number of imidazole rings is 1. The van der Waals surface area contributed by atoms with E-state index in [2.05, 4.69) is 15.0 Å². The summed E-state index contributed by atoms with van der Waals surface area (Å²) in [6.45, 7) is 1.76. The molecule has 0 amide bonds. The summed E-state index contributed by atoms with van der Waals surface area (Å²) in [6.07, 6.45) is 0. The highest BCUT2D eigenvalue weighted by atomic mass is 16.1. The van der Waals surface area contributed by atoms with Crippen molar-refractivity contribution in [1.82, 2.24) is 19.4 Å². The number of carbonyl (C=O) groups excluding carboxylic acids is 1. The Morgan fingerprint density at radius 3 is 2.57 bits per heavy atom. The van der Waals surface area contributed by atoms with Crippen LogP contribution in [0.1, 0.15) is 21.7 Å². The molecule has 0 fully saturated rings. The molecule has 6 heteroatoms. The Hall–Kier alpha value is -3.28. The summed E-state index contributed by atoms with van der Waals surface area (Å²) in [4.78, 5) is 25.5. The normalized spacial score (nSPS) is 11.2. The fourth-order valence-corrected chi connectivity index (χ4v) is 2.65. The lowest BCUT2D eigenvalue weighted by Gasteiger charge is -2.03. The van der Waals surface area contributed by atoms with Crippen LogP contribution in [-0.2, 0) is 0 Å². The third-order valence-corrected chi connectivity index (χ3v) is 3.70. The molecule has 0 aliphatic heterocycles. The van der Waals surface area contributed by atoms with E-state index in [4.69, 9.17) is 5.73 Å². The van der Waals surface area contributed by atoms with Gasteiger partial charge in [-0.1, -0.05) is 30.3 Å². The molecule has 0 aliphatic rings. The van der Waals surface area contributed by atoms with Gasteiger partial charge in [0.05, 0.1) is 11.0 Å². The van der Waals surface area contributed by atoms with E-state index in [9.17, 15) is 4.79 Å². The summed E-state index contributed by atoms with van der Waals surface area (Å²) < 4.78 is 1.66. The Morgan fingerprint density at radius 2 is 1.78 bits per heavy atom. The zero-order valence-electron chi connectivity index (χ0n) is 12.4. The van der Waals surface area contributed by atoms with Gasteiger partial charge in [0.1, 0.15) is 5.82 Å². The summed E-state index contributed by atoms with van der Waals surface area (Å²) in [7, 11) is 0. The standard InChI is InChI=1S/C17H13N5O/c1-10-19-16(18)22-14-9-12(7-8-13(14)21-17(22)20-10)15(23)11-5-3-2-4-6-11/h2-9H,1H3,(H2,18,19,20,21). The second-order valence-electron chi connectivity index (χ2n) is 5.27. The van der Waals surface area contributed by atoms with Gasteiger partial charge < -0.3 is 5.73 Å². The molecule has 0 atom stereocenters. The zero-order chi connectivity index (χ0) is 16.0. The molecule has 0 bridgehead atoms. The van der Waals surface area contributed by atoms with Gasteiger partial charge in [-0.3, -0.25) is 4.79 Å². The average molecular weight is 303 g/mol. The van der Waals surface area contributed by atoms with E-state index in [1.807, 2.05) is 18.2 Å². The predicted molar refractivity (Wildman–Crippen MR) is 87.3 cm³/mol. The number of benzene rings is 2. The number of carbonyl (C=O) groups is 1. The second-order valence-corrected chi connectivity index (χ2v) is 5.27. The molecule has 0 saturated carbocycles. The summed E-state index contributed by atoms with van der Waals surface area (Å²) in [5, 5.41) is 0. The highest BCUT2D eigenvalue weighted by Crippen LogP contribution is 2.21. The van der Waals surface area contributed by atoms with Gasteiger partial charge in [0.2, 0.25) is 11.7 Å². The molecular weight excluding hydrogens is 290 g/mol. The lowest BCUT2D eigenvalue weighted by molar-refractivity contribution is 0.103. The summed E-state index contributed by atoms with van der Waals surface area (Å²) in [6, 6.07) is 14.5. The van der Waals surface area contributed by atoms with Gasteiger partial charge in [-0.2, -0.15) is 9.97 Å². The van der Waals surface area contributed by atoms with Crippen LogP contribution in [-0.4, -0.2) is 25.1 Å². The lowest BCUT2D eigenvalue weighted by atomic mass is 10.0. The topological polar surface area (TPSA) is 86.2 Å². The van der Waals surface area contributed by atoms with Crippen molar-refractivity contribution in [3.05, 3.63) is 65.5 Å². The van der Waals surface area contributed by atoms with Crippen molar-refractivity contribution < 1.29 is 4.79 Å². The molecule has 23 heavy (non-hydrogen) atoms. The molecule has 2 aromatic carbocycles. The average Bonchev–Trinajstić information content (AvgIpc) is 2.92. The van der Waals surface area contributed by atoms with E-state index in [1.54, 1.807) is 41.7 Å². The maximum absolute atomic E-state index is 12.6. The van der Waals surface area contributed by atoms with Crippen LogP contribution in [0.2, 0.25) is 0 Å². The van der Waals surface area contributed by atoms with Crippen LogP contribution in [0, 0.1) is 6.92 Å². The first kappa shape index (κ1) is 13.4. The van der Waals surface area contributed by atoms with Crippen molar-refractivity contribution in [2.45, 2.75) is 6.92 Å². The first-order valence-electron chi connectivity index (χ1n) is 7.15. The van der Waals surface area contributed by atoms with Gasteiger partial charge in [0.25, 0.3) is 0 Å². The van der Waals surface area contributed by atoms with Crippen molar-refractivity contribution in [1.29, 1.82) is 0 Å². The largest absolute Gasteiger partial charge is 0.369 e. The molecule has 4 rings (SSSR count). The smallest absolute Gasteiger partial charge is 0.239 e. The number of ketones is 1. The molecular formula is C17H13N5O. The van der Waals surface area contributed by atoms with Crippen LogP contribution in [0.5, 0.6) is 0 Å². The van der Waals surface area contributed by atoms with Crippen LogP contribution in [0.4, 0.5) is 5.95 Å². The fourth-order valence-electron chi connectivity index (χ4n) is 2.65. The maximum Gasteiger partial charge on any atom is 0.239 e. The Balaban J connectivity index is 1.94. The Labute approximate surface area is 131 Å². The van der Waals surface area contributed by atoms with Crippen molar-refractivity contribution in [2.75, 3.05) is 5.73 Å². The van der Waals surface area contributed by atoms with Crippen molar-refractivity contribution in [2.24, 2.45) is 0 Å². The number of nitrogen functional groups attached to an aromatic ring is 1.